The molecule has 0 radical (unpaired) electrons. The van der Waals surface area contributed by atoms with Crippen LogP contribution in [-0.2, 0) is 4.79 Å². The smallest absolute Gasteiger partial charge is 0.171 e. The molecule has 1 aromatic carbocycles. The first kappa shape index (κ1) is 13.6. The number of rotatable bonds is 5. The molecule has 0 spiro atoms. The van der Waals surface area contributed by atoms with Gasteiger partial charge in [-0.1, -0.05) is 11.6 Å². The van der Waals surface area contributed by atoms with Crippen LogP contribution in [0.15, 0.2) is 17.5 Å². The first-order chi connectivity index (χ1) is 9.61. The number of thiophene rings is 1. The number of Topliss-reactive ketones (excluding diaryl/α,β-unsaturated/α-hetero) is 2. The van der Waals surface area contributed by atoms with Crippen LogP contribution in [0.1, 0.15) is 29.6 Å². The second-order valence-corrected chi connectivity index (χ2v) is 6.23. The fourth-order valence-corrected chi connectivity index (χ4v) is 3.57. The lowest BCUT2D eigenvalue weighted by molar-refractivity contribution is -0.119. The molecule has 1 fully saturated rings. The molecule has 5 heteroatoms. The molecule has 3 rings (SSSR count). The van der Waals surface area contributed by atoms with E-state index in [0.717, 1.165) is 22.9 Å². The lowest BCUT2D eigenvalue weighted by Gasteiger charge is -2.06. The van der Waals surface area contributed by atoms with Crippen LogP contribution >= 0.6 is 22.9 Å². The number of carbonyl (C=O) groups is 2. The standard InChI is InChI=1S/C15H13ClO3S/c1-19-12-7-20-13-5-4-9(15(16)14(12)13)11(18)6-10(17)8-2-3-8/h4-5,7-8H,2-3,6H2,1H3. The van der Waals surface area contributed by atoms with Gasteiger partial charge in [0, 0.05) is 21.6 Å². The van der Waals surface area contributed by atoms with E-state index in [9.17, 15) is 9.59 Å². The van der Waals surface area contributed by atoms with E-state index in [0.29, 0.717) is 16.3 Å². The van der Waals surface area contributed by atoms with Gasteiger partial charge >= 0.3 is 0 Å². The molecule has 0 N–H and O–H groups in total. The van der Waals surface area contributed by atoms with Crippen molar-refractivity contribution in [2.75, 3.05) is 7.11 Å². The van der Waals surface area contributed by atoms with Gasteiger partial charge in [0.1, 0.15) is 11.5 Å². The second-order valence-electron chi connectivity index (χ2n) is 4.94. The number of halogens is 1. The van der Waals surface area contributed by atoms with Crippen molar-refractivity contribution in [3.8, 4) is 5.75 Å². The molecule has 0 aliphatic heterocycles. The van der Waals surface area contributed by atoms with E-state index < -0.39 is 0 Å². The third-order valence-electron chi connectivity index (χ3n) is 3.53. The van der Waals surface area contributed by atoms with Gasteiger partial charge in [-0.3, -0.25) is 9.59 Å². The first-order valence-corrected chi connectivity index (χ1v) is 7.67. The maximum atomic E-state index is 12.2. The van der Waals surface area contributed by atoms with Crippen LogP contribution in [0.5, 0.6) is 5.75 Å². The highest BCUT2D eigenvalue weighted by molar-refractivity contribution is 7.17. The number of hydrogen-bond acceptors (Lipinski definition) is 4. The summed E-state index contributed by atoms with van der Waals surface area (Å²) in [6, 6.07) is 3.55. The summed E-state index contributed by atoms with van der Waals surface area (Å²) in [5.74, 6) is 0.584. The SMILES string of the molecule is COc1csc2ccc(C(=O)CC(=O)C3CC3)c(Cl)c12. The molecule has 3 nitrogen and oxygen atoms in total. The van der Waals surface area contributed by atoms with Crippen LogP contribution in [-0.4, -0.2) is 18.7 Å². The van der Waals surface area contributed by atoms with Gasteiger partial charge in [0.15, 0.2) is 5.78 Å². The minimum atomic E-state index is -0.206. The van der Waals surface area contributed by atoms with Crippen molar-refractivity contribution in [2.45, 2.75) is 19.3 Å². The Bertz CT molecular complexity index is 700. The summed E-state index contributed by atoms with van der Waals surface area (Å²) < 4.78 is 6.23. The van der Waals surface area contributed by atoms with Gasteiger partial charge in [-0.2, -0.15) is 0 Å². The van der Waals surface area contributed by atoms with Crippen LogP contribution in [0.3, 0.4) is 0 Å². The van der Waals surface area contributed by atoms with E-state index in [1.807, 2.05) is 11.4 Å². The van der Waals surface area contributed by atoms with E-state index in [4.69, 9.17) is 16.3 Å². The van der Waals surface area contributed by atoms with Gasteiger partial charge in [0.25, 0.3) is 0 Å². The lowest BCUT2D eigenvalue weighted by atomic mass is 10.0. The number of ketones is 2. The minimum absolute atomic E-state index is 0.0310. The van der Waals surface area contributed by atoms with Crippen LogP contribution in [0.4, 0.5) is 0 Å². The molecule has 104 valence electrons. The summed E-state index contributed by atoms with van der Waals surface area (Å²) in [7, 11) is 1.57. The average Bonchev–Trinajstić information content (AvgIpc) is 3.19. The van der Waals surface area contributed by atoms with Crippen molar-refractivity contribution < 1.29 is 14.3 Å². The Balaban J connectivity index is 1.96. The molecule has 0 bridgehead atoms. The summed E-state index contributed by atoms with van der Waals surface area (Å²) in [5, 5.41) is 3.00. The Hall–Kier alpha value is -1.39. The molecule has 1 aliphatic carbocycles. The van der Waals surface area contributed by atoms with Crippen molar-refractivity contribution in [1.29, 1.82) is 0 Å². The molecule has 2 aromatic rings. The number of carbonyl (C=O) groups excluding carboxylic acids is 2. The molecule has 1 aliphatic rings. The quantitative estimate of drug-likeness (QED) is 0.616. The molecule has 0 saturated heterocycles. The number of benzene rings is 1. The van der Waals surface area contributed by atoms with Gasteiger partial charge in [-0.15, -0.1) is 11.3 Å². The highest BCUT2D eigenvalue weighted by Gasteiger charge is 2.31. The number of methoxy groups -OCH3 is 1. The van der Waals surface area contributed by atoms with Crippen LogP contribution in [0, 0.1) is 5.92 Å². The minimum Gasteiger partial charge on any atom is -0.495 e. The molecular weight excluding hydrogens is 296 g/mol. The molecule has 1 heterocycles. The van der Waals surface area contributed by atoms with Crippen LogP contribution < -0.4 is 4.74 Å². The predicted molar refractivity (Wildman–Crippen MR) is 80.1 cm³/mol. The normalized spacial score (nSPS) is 14.5. The van der Waals surface area contributed by atoms with Crippen molar-refractivity contribution in [1.82, 2.24) is 0 Å². The molecule has 1 aromatic heterocycles. The van der Waals surface area contributed by atoms with Crippen molar-refractivity contribution >= 4 is 44.6 Å². The molecule has 1 saturated carbocycles. The van der Waals surface area contributed by atoms with E-state index in [1.54, 1.807) is 13.2 Å². The fourth-order valence-electron chi connectivity index (χ4n) is 2.23. The Kier molecular flexibility index (Phi) is 3.52. The molecule has 0 amide bonds. The fraction of sp³-hybridized carbons (Fsp3) is 0.333. The van der Waals surface area contributed by atoms with Gasteiger partial charge in [0.05, 0.1) is 23.9 Å². The van der Waals surface area contributed by atoms with Crippen molar-refractivity contribution in [2.24, 2.45) is 5.92 Å². The topological polar surface area (TPSA) is 43.4 Å². The summed E-state index contributed by atoms with van der Waals surface area (Å²) in [4.78, 5) is 24.0. The van der Waals surface area contributed by atoms with Crippen molar-refractivity contribution in [3.63, 3.8) is 0 Å². The van der Waals surface area contributed by atoms with E-state index in [-0.39, 0.29) is 23.9 Å². The highest BCUT2D eigenvalue weighted by Crippen LogP contribution is 2.39. The monoisotopic (exact) mass is 308 g/mol. The summed E-state index contributed by atoms with van der Waals surface area (Å²) in [5.41, 5.74) is 0.407. The zero-order valence-corrected chi connectivity index (χ0v) is 12.5. The third kappa shape index (κ3) is 2.34. The third-order valence-corrected chi connectivity index (χ3v) is 4.85. The second kappa shape index (κ2) is 5.19. The number of fused-ring (bicyclic) bond motifs is 1. The molecule has 20 heavy (non-hydrogen) atoms. The highest BCUT2D eigenvalue weighted by atomic mass is 35.5. The first-order valence-electron chi connectivity index (χ1n) is 6.41. The van der Waals surface area contributed by atoms with Gasteiger partial charge < -0.3 is 4.74 Å². The maximum absolute atomic E-state index is 12.2. The molecule has 0 unspecified atom stereocenters. The van der Waals surface area contributed by atoms with E-state index in [1.165, 1.54) is 11.3 Å². The number of ether oxygens (including phenoxy) is 1. The Morgan fingerprint density at radius 1 is 1.40 bits per heavy atom. The van der Waals surface area contributed by atoms with Crippen molar-refractivity contribution in [3.05, 3.63) is 28.1 Å². The van der Waals surface area contributed by atoms with Gasteiger partial charge in [-0.05, 0) is 25.0 Å². The predicted octanol–water partition coefficient (Wildman–Crippen LogP) is 4.12. The van der Waals surface area contributed by atoms with Gasteiger partial charge in [0.2, 0.25) is 0 Å². The van der Waals surface area contributed by atoms with Crippen LogP contribution in [0.25, 0.3) is 10.1 Å². The molecular formula is C15H13ClO3S. The zero-order chi connectivity index (χ0) is 14.3. The Morgan fingerprint density at radius 3 is 2.80 bits per heavy atom. The maximum Gasteiger partial charge on any atom is 0.171 e. The summed E-state index contributed by atoms with van der Waals surface area (Å²) in [6.45, 7) is 0. The van der Waals surface area contributed by atoms with Crippen LogP contribution in [0.2, 0.25) is 5.02 Å². The Morgan fingerprint density at radius 2 is 2.15 bits per heavy atom. The molecule has 0 atom stereocenters. The lowest BCUT2D eigenvalue weighted by Crippen LogP contribution is -2.10. The number of hydrogen-bond donors (Lipinski definition) is 0. The largest absolute Gasteiger partial charge is 0.495 e. The van der Waals surface area contributed by atoms with E-state index in [2.05, 4.69) is 0 Å². The van der Waals surface area contributed by atoms with E-state index >= 15 is 0 Å². The van der Waals surface area contributed by atoms with Gasteiger partial charge in [-0.25, -0.2) is 0 Å². The summed E-state index contributed by atoms with van der Waals surface area (Å²) >= 11 is 7.85. The zero-order valence-electron chi connectivity index (χ0n) is 10.9. The Labute approximate surface area is 125 Å². The average molecular weight is 309 g/mol. The summed E-state index contributed by atoms with van der Waals surface area (Å²) in [6.07, 6.45) is 1.77.